The fraction of sp³-hybridized carbons (Fsp3) is 0.458. The van der Waals surface area contributed by atoms with Gasteiger partial charge in [0.15, 0.2) is 12.1 Å². The lowest BCUT2D eigenvalue weighted by atomic mass is 9.83. The molecule has 2 aliphatic rings. The Balaban J connectivity index is 1.18. The third kappa shape index (κ3) is 15.1. The molecule has 328 valence electrons. The van der Waals surface area contributed by atoms with Crippen molar-refractivity contribution in [3.63, 3.8) is 0 Å². The van der Waals surface area contributed by atoms with Crippen LogP contribution in [0.2, 0.25) is 0 Å². The Labute approximate surface area is 359 Å². The van der Waals surface area contributed by atoms with Crippen LogP contribution < -0.4 is 10.6 Å². The Morgan fingerprint density at radius 2 is 1.15 bits per heavy atom. The number of hydrogen-bond acceptors (Lipinski definition) is 11. The van der Waals surface area contributed by atoms with Crippen molar-refractivity contribution in [3.8, 4) is 0 Å². The molecule has 0 radical (unpaired) electrons. The van der Waals surface area contributed by atoms with Gasteiger partial charge in [-0.3, -0.25) is 9.69 Å². The number of ether oxygens (including phenoxy) is 7. The summed E-state index contributed by atoms with van der Waals surface area (Å²) in [5, 5.41) is 15.6. The van der Waals surface area contributed by atoms with Crippen molar-refractivity contribution in [3.05, 3.63) is 143 Å². The minimum absolute atomic E-state index is 0.0537. The van der Waals surface area contributed by atoms with E-state index in [4.69, 9.17) is 33.2 Å². The SMILES string of the molecule is CC(=O)[C@@H](Cc1ccccc1)NC(=O)NCc1ccc(C2O[C@H](CN3CCOCCOCCOCCOCCOCC3)[C@@H](c3ccccc3)[C@H](c3ccc(CO)cc3)O2)cc1. The summed E-state index contributed by atoms with van der Waals surface area (Å²) in [6.45, 7) is 8.53. The Bertz CT molecular complexity index is 1830. The molecule has 4 aromatic rings. The lowest BCUT2D eigenvalue weighted by molar-refractivity contribution is -0.263. The molecule has 61 heavy (non-hydrogen) atoms. The van der Waals surface area contributed by atoms with Crippen LogP contribution in [0.15, 0.2) is 109 Å². The summed E-state index contributed by atoms with van der Waals surface area (Å²) in [4.78, 5) is 27.6. The van der Waals surface area contributed by atoms with Gasteiger partial charge in [0.1, 0.15) is 0 Å². The van der Waals surface area contributed by atoms with E-state index in [2.05, 4.69) is 27.7 Å². The summed E-state index contributed by atoms with van der Waals surface area (Å²) in [5.41, 5.74) is 5.56. The van der Waals surface area contributed by atoms with Crippen LogP contribution in [-0.2, 0) is 57.5 Å². The molecule has 0 aromatic heterocycles. The van der Waals surface area contributed by atoms with Crippen LogP contribution in [0.4, 0.5) is 4.79 Å². The number of benzene rings is 4. The highest BCUT2D eigenvalue weighted by Crippen LogP contribution is 2.47. The second-order valence-electron chi connectivity index (χ2n) is 15.2. The van der Waals surface area contributed by atoms with Gasteiger partial charge in [-0.05, 0) is 41.2 Å². The zero-order chi connectivity index (χ0) is 42.5. The molecule has 2 heterocycles. The molecule has 0 aliphatic carbocycles. The second kappa shape index (κ2) is 25.4. The van der Waals surface area contributed by atoms with Crippen molar-refractivity contribution in [1.29, 1.82) is 0 Å². The Morgan fingerprint density at radius 3 is 1.70 bits per heavy atom. The maximum absolute atomic E-state index is 12.9. The van der Waals surface area contributed by atoms with Gasteiger partial charge < -0.3 is 48.9 Å². The number of nitrogens with one attached hydrogen (secondary N) is 2. The Hall–Kier alpha value is -4.54. The molecule has 3 N–H and O–H groups in total. The summed E-state index contributed by atoms with van der Waals surface area (Å²) >= 11 is 0. The van der Waals surface area contributed by atoms with E-state index in [0.717, 1.165) is 33.4 Å². The van der Waals surface area contributed by atoms with Crippen LogP contribution in [-0.4, -0.2) is 120 Å². The number of nitrogens with zero attached hydrogens (tertiary/aromatic N) is 1. The topological polar surface area (TPSA) is 146 Å². The molecular weight excluding hydrogens is 779 g/mol. The van der Waals surface area contributed by atoms with E-state index in [9.17, 15) is 14.7 Å². The number of carbonyl (C=O) groups excluding carboxylic acids is 2. The Morgan fingerprint density at radius 1 is 0.623 bits per heavy atom. The van der Waals surface area contributed by atoms with E-state index in [1.165, 1.54) is 6.92 Å². The van der Waals surface area contributed by atoms with Crippen LogP contribution >= 0.6 is 0 Å². The molecule has 2 fully saturated rings. The average Bonchev–Trinajstić information content (AvgIpc) is 3.29. The van der Waals surface area contributed by atoms with Gasteiger partial charge >= 0.3 is 6.03 Å². The normalized spacial score (nSPS) is 22.3. The fourth-order valence-electron chi connectivity index (χ4n) is 7.41. The molecule has 2 amide bonds. The molecule has 0 spiro atoms. The standard InChI is InChI=1S/C48H61N3O10/c1-36(53)43(32-37-8-4-2-5-9-37)50-48(54)49-33-38-12-18-42(19-13-38)47-60-44(34-51-20-22-55-24-26-57-28-30-59-31-29-58-27-25-56-23-21-51)45(40-10-6-3-7-11-40)46(61-47)41-16-14-39(35-52)15-17-41/h2-19,43-47,52H,20-35H2,1H3,(H2,49,50,54)/t43-,44-,45-,46+,47?/m1/s1. The predicted octanol–water partition coefficient (Wildman–Crippen LogP) is 5.52. The van der Waals surface area contributed by atoms with Crippen LogP contribution in [0.3, 0.4) is 0 Å². The first-order valence-corrected chi connectivity index (χ1v) is 21.3. The predicted molar refractivity (Wildman–Crippen MR) is 230 cm³/mol. The van der Waals surface area contributed by atoms with Crippen molar-refractivity contribution >= 4 is 11.8 Å². The van der Waals surface area contributed by atoms with Crippen LogP contribution in [0.25, 0.3) is 0 Å². The first-order valence-electron chi connectivity index (χ1n) is 21.3. The number of rotatable bonds is 12. The van der Waals surface area contributed by atoms with Crippen molar-refractivity contribution in [2.45, 2.75) is 57.0 Å². The van der Waals surface area contributed by atoms with Crippen molar-refractivity contribution < 1.29 is 47.9 Å². The molecule has 1 unspecified atom stereocenters. The van der Waals surface area contributed by atoms with E-state index >= 15 is 0 Å². The average molecular weight is 840 g/mol. The van der Waals surface area contributed by atoms with Crippen LogP contribution in [0.5, 0.6) is 0 Å². The number of amides is 2. The molecule has 2 aliphatic heterocycles. The summed E-state index contributed by atoms with van der Waals surface area (Å²) in [6, 6.07) is 34.6. The Kier molecular flexibility index (Phi) is 19.1. The highest BCUT2D eigenvalue weighted by atomic mass is 16.7. The molecule has 0 saturated carbocycles. The van der Waals surface area contributed by atoms with E-state index in [1.807, 2.05) is 97.1 Å². The van der Waals surface area contributed by atoms with Crippen molar-refractivity contribution in [2.75, 3.05) is 85.7 Å². The van der Waals surface area contributed by atoms with Gasteiger partial charge in [-0.2, -0.15) is 0 Å². The number of aliphatic hydroxyl groups excluding tert-OH is 1. The van der Waals surface area contributed by atoms with E-state index in [1.54, 1.807) is 0 Å². The molecule has 13 heteroatoms. The minimum atomic E-state index is -0.710. The van der Waals surface area contributed by atoms with Crippen molar-refractivity contribution in [1.82, 2.24) is 15.5 Å². The third-order valence-electron chi connectivity index (χ3n) is 10.8. The number of urea groups is 1. The van der Waals surface area contributed by atoms with Gasteiger partial charge in [0, 0.05) is 37.7 Å². The number of Topliss-reactive ketones (excluding diaryl/α,β-unsaturated/α-hetero) is 1. The van der Waals surface area contributed by atoms with Crippen LogP contribution in [0, 0.1) is 0 Å². The smallest absolute Gasteiger partial charge is 0.315 e. The molecule has 6 rings (SSSR count). The summed E-state index contributed by atoms with van der Waals surface area (Å²) in [7, 11) is 0. The zero-order valence-electron chi connectivity index (χ0n) is 35.2. The highest BCUT2D eigenvalue weighted by Gasteiger charge is 2.42. The molecule has 13 nitrogen and oxygen atoms in total. The molecule has 2 saturated heterocycles. The summed E-state index contributed by atoms with van der Waals surface area (Å²) in [6.07, 6.45) is -0.999. The largest absolute Gasteiger partial charge is 0.392 e. The second-order valence-corrected chi connectivity index (χ2v) is 15.2. The van der Waals surface area contributed by atoms with E-state index in [0.29, 0.717) is 92.1 Å². The van der Waals surface area contributed by atoms with Gasteiger partial charge in [0.05, 0.1) is 90.9 Å². The van der Waals surface area contributed by atoms with E-state index in [-0.39, 0.29) is 37.1 Å². The van der Waals surface area contributed by atoms with Gasteiger partial charge in [0.2, 0.25) is 0 Å². The highest BCUT2D eigenvalue weighted by molar-refractivity contribution is 5.87. The van der Waals surface area contributed by atoms with Gasteiger partial charge in [-0.1, -0.05) is 109 Å². The van der Waals surface area contributed by atoms with E-state index < -0.39 is 18.4 Å². The molecule has 4 aromatic carbocycles. The monoisotopic (exact) mass is 839 g/mol. The summed E-state index contributed by atoms with van der Waals surface area (Å²) in [5.74, 6) is -0.293. The first-order chi connectivity index (χ1) is 30.0. The molecule has 5 atom stereocenters. The number of carbonyl (C=O) groups is 2. The molecule has 0 bridgehead atoms. The maximum Gasteiger partial charge on any atom is 0.315 e. The molecular formula is C48H61N3O10. The number of ketones is 1. The number of aliphatic hydroxyl groups is 1. The minimum Gasteiger partial charge on any atom is -0.392 e. The van der Waals surface area contributed by atoms with Crippen molar-refractivity contribution in [2.24, 2.45) is 0 Å². The first kappa shape index (κ1) is 46.0. The lowest BCUT2D eigenvalue weighted by Gasteiger charge is -2.44. The maximum atomic E-state index is 12.9. The van der Waals surface area contributed by atoms with Crippen LogP contribution in [0.1, 0.15) is 58.6 Å². The quantitative estimate of drug-likeness (QED) is 0.166. The lowest BCUT2D eigenvalue weighted by Crippen LogP contribution is -2.46. The third-order valence-corrected chi connectivity index (χ3v) is 10.8. The fourth-order valence-corrected chi connectivity index (χ4v) is 7.41. The number of hydrogen-bond donors (Lipinski definition) is 3. The summed E-state index contributed by atoms with van der Waals surface area (Å²) < 4.78 is 42.9. The zero-order valence-corrected chi connectivity index (χ0v) is 35.2. The van der Waals surface area contributed by atoms with Gasteiger partial charge in [-0.25, -0.2) is 4.79 Å². The van der Waals surface area contributed by atoms with Gasteiger partial charge in [-0.15, -0.1) is 0 Å². The van der Waals surface area contributed by atoms with Gasteiger partial charge in [0.25, 0.3) is 0 Å².